The highest BCUT2D eigenvalue weighted by atomic mass is 32.2. The molecule has 0 spiro atoms. The predicted octanol–water partition coefficient (Wildman–Crippen LogP) is 2.86. The van der Waals surface area contributed by atoms with Gasteiger partial charge in [-0.25, -0.2) is 12.7 Å². The van der Waals surface area contributed by atoms with Gasteiger partial charge in [0.25, 0.3) is 0 Å². The Bertz CT molecular complexity index is 1060. The standard InChI is InChI=1S/C18H23N5O3S/c1-12(2)15-11-19-23-16(10-17(26-5)21-18(15)23)20-13-6-8-14(9-7-13)27(24,25)22(3)4/h6-12,20H,1-5H3. The Hall–Kier alpha value is -2.65. The minimum absolute atomic E-state index is 0.233. The molecule has 0 aliphatic rings. The van der Waals surface area contributed by atoms with E-state index in [4.69, 9.17) is 4.74 Å². The second kappa shape index (κ2) is 7.16. The van der Waals surface area contributed by atoms with Gasteiger partial charge in [0, 0.05) is 31.4 Å². The maximum absolute atomic E-state index is 12.2. The Morgan fingerprint density at radius 3 is 2.41 bits per heavy atom. The Morgan fingerprint density at radius 2 is 1.85 bits per heavy atom. The molecule has 0 radical (unpaired) electrons. The van der Waals surface area contributed by atoms with Gasteiger partial charge in [-0.1, -0.05) is 13.8 Å². The molecule has 0 atom stereocenters. The number of hydrogen-bond donors (Lipinski definition) is 1. The third kappa shape index (κ3) is 3.60. The molecule has 2 aromatic heterocycles. The zero-order chi connectivity index (χ0) is 19.8. The van der Waals surface area contributed by atoms with Crippen LogP contribution in [-0.2, 0) is 10.0 Å². The van der Waals surface area contributed by atoms with E-state index in [9.17, 15) is 8.42 Å². The minimum atomic E-state index is -3.46. The van der Waals surface area contributed by atoms with Crippen molar-refractivity contribution < 1.29 is 13.2 Å². The molecule has 2 heterocycles. The maximum atomic E-state index is 12.2. The summed E-state index contributed by atoms with van der Waals surface area (Å²) in [5.74, 6) is 1.41. The summed E-state index contributed by atoms with van der Waals surface area (Å²) in [6.07, 6.45) is 1.80. The maximum Gasteiger partial charge on any atom is 0.242 e. The summed E-state index contributed by atoms with van der Waals surface area (Å²) in [7, 11) is 1.12. The van der Waals surface area contributed by atoms with E-state index in [-0.39, 0.29) is 10.8 Å². The summed E-state index contributed by atoms with van der Waals surface area (Å²) in [5, 5.41) is 7.68. The van der Waals surface area contributed by atoms with Crippen molar-refractivity contribution in [3.05, 3.63) is 42.1 Å². The number of aromatic nitrogens is 3. The third-order valence-electron chi connectivity index (χ3n) is 4.21. The first kappa shape index (κ1) is 19.1. The second-order valence-electron chi connectivity index (χ2n) is 6.61. The summed E-state index contributed by atoms with van der Waals surface area (Å²) in [6, 6.07) is 8.30. The van der Waals surface area contributed by atoms with Crippen molar-refractivity contribution in [3.8, 4) is 5.88 Å². The molecule has 3 aromatic rings. The molecule has 0 saturated heterocycles. The first-order valence-corrected chi connectivity index (χ1v) is 9.90. The average Bonchev–Trinajstić information content (AvgIpc) is 3.06. The monoisotopic (exact) mass is 389 g/mol. The van der Waals surface area contributed by atoms with Gasteiger partial charge in [-0.05, 0) is 30.2 Å². The molecule has 0 amide bonds. The van der Waals surface area contributed by atoms with Crippen LogP contribution in [-0.4, -0.2) is 48.5 Å². The van der Waals surface area contributed by atoms with Crippen LogP contribution in [0.1, 0.15) is 25.3 Å². The number of rotatable bonds is 6. The van der Waals surface area contributed by atoms with E-state index < -0.39 is 10.0 Å². The van der Waals surface area contributed by atoms with Gasteiger partial charge in [-0.15, -0.1) is 0 Å². The molecule has 27 heavy (non-hydrogen) atoms. The van der Waals surface area contributed by atoms with Crippen LogP contribution in [0.5, 0.6) is 5.88 Å². The number of ether oxygens (including phenoxy) is 1. The molecule has 3 rings (SSSR count). The van der Waals surface area contributed by atoms with Crippen molar-refractivity contribution in [2.45, 2.75) is 24.7 Å². The van der Waals surface area contributed by atoms with Gasteiger partial charge in [0.2, 0.25) is 15.9 Å². The molecule has 0 aliphatic heterocycles. The third-order valence-corrected chi connectivity index (χ3v) is 6.04. The summed E-state index contributed by atoms with van der Waals surface area (Å²) in [4.78, 5) is 4.73. The smallest absolute Gasteiger partial charge is 0.242 e. The number of anilines is 2. The number of benzene rings is 1. The van der Waals surface area contributed by atoms with Crippen LogP contribution in [0.3, 0.4) is 0 Å². The Balaban J connectivity index is 1.99. The van der Waals surface area contributed by atoms with E-state index in [1.54, 1.807) is 48.2 Å². The highest BCUT2D eigenvalue weighted by Crippen LogP contribution is 2.27. The molecule has 0 aliphatic carbocycles. The normalized spacial score (nSPS) is 12.1. The minimum Gasteiger partial charge on any atom is -0.481 e. The average molecular weight is 389 g/mol. The Labute approximate surface area is 158 Å². The van der Waals surface area contributed by atoms with Gasteiger partial charge in [-0.2, -0.15) is 14.6 Å². The van der Waals surface area contributed by atoms with Gasteiger partial charge in [0.05, 0.1) is 18.2 Å². The van der Waals surface area contributed by atoms with Gasteiger partial charge in [-0.3, -0.25) is 0 Å². The largest absolute Gasteiger partial charge is 0.481 e. The van der Waals surface area contributed by atoms with E-state index in [1.165, 1.54) is 18.4 Å². The van der Waals surface area contributed by atoms with Crippen LogP contribution >= 0.6 is 0 Å². The van der Waals surface area contributed by atoms with Crippen molar-refractivity contribution in [1.29, 1.82) is 0 Å². The van der Waals surface area contributed by atoms with Crippen LogP contribution < -0.4 is 10.1 Å². The topological polar surface area (TPSA) is 88.8 Å². The zero-order valence-electron chi connectivity index (χ0n) is 16.0. The molecule has 8 nitrogen and oxygen atoms in total. The summed E-state index contributed by atoms with van der Waals surface area (Å²) < 4.78 is 32.6. The van der Waals surface area contributed by atoms with E-state index in [0.717, 1.165) is 16.9 Å². The SMILES string of the molecule is COc1cc(Nc2ccc(S(=O)(=O)N(C)C)cc2)n2ncc(C(C)C)c2n1. The second-order valence-corrected chi connectivity index (χ2v) is 8.76. The summed E-state index contributed by atoms with van der Waals surface area (Å²) in [5.41, 5.74) is 2.46. The van der Waals surface area contributed by atoms with Crippen LogP contribution in [0.25, 0.3) is 5.65 Å². The predicted molar refractivity (Wildman–Crippen MR) is 104 cm³/mol. The summed E-state index contributed by atoms with van der Waals surface area (Å²) in [6.45, 7) is 4.16. The van der Waals surface area contributed by atoms with E-state index >= 15 is 0 Å². The van der Waals surface area contributed by atoms with Gasteiger partial charge in [0.1, 0.15) is 5.82 Å². The van der Waals surface area contributed by atoms with E-state index in [0.29, 0.717) is 11.7 Å². The molecule has 1 aromatic carbocycles. The lowest BCUT2D eigenvalue weighted by Gasteiger charge is -2.13. The Kier molecular flexibility index (Phi) is 5.07. The summed E-state index contributed by atoms with van der Waals surface area (Å²) >= 11 is 0. The van der Waals surface area contributed by atoms with Crippen LogP contribution in [0.15, 0.2) is 41.4 Å². The molecule has 0 fully saturated rings. The highest BCUT2D eigenvalue weighted by Gasteiger charge is 2.17. The van der Waals surface area contributed by atoms with Crippen LogP contribution in [0.4, 0.5) is 11.5 Å². The fourth-order valence-corrected chi connectivity index (χ4v) is 3.53. The Morgan fingerprint density at radius 1 is 1.19 bits per heavy atom. The molecule has 144 valence electrons. The molecular weight excluding hydrogens is 366 g/mol. The van der Waals surface area contributed by atoms with Crippen LogP contribution in [0.2, 0.25) is 0 Å². The van der Waals surface area contributed by atoms with Gasteiger partial charge < -0.3 is 10.1 Å². The molecule has 9 heteroatoms. The zero-order valence-corrected chi connectivity index (χ0v) is 16.8. The van der Waals surface area contributed by atoms with Crippen molar-refractivity contribution in [2.24, 2.45) is 0 Å². The first-order chi connectivity index (χ1) is 12.7. The first-order valence-electron chi connectivity index (χ1n) is 8.46. The van der Waals surface area contributed by atoms with E-state index in [1.807, 2.05) is 0 Å². The fraction of sp³-hybridized carbons (Fsp3) is 0.333. The quantitative estimate of drug-likeness (QED) is 0.697. The van der Waals surface area contributed by atoms with Gasteiger partial charge >= 0.3 is 0 Å². The lowest BCUT2D eigenvalue weighted by Crippen LogP contribution is -2.22. The number of hydrogen-bond acceptors (Lipinski definition) is 6. The van der Waals surface area contributed by atoms with Crippen molar-refractivity contribution in [3.63, 3.8) is 0 Å². The van der Waals surface area contributed by atoms with Crippen molar-refractivity contribution >= 4 is 27.2 Å². The fourth-order valence-electron chi connectivity index (χ4n) is 2.63. The van der Waals surface area contributed by atoms with Crippen molar-refractivity contribution in [2.75, 3.05) is 26.5 Å². The molecular formula is C18H23N5O3S. The lowest BCUT2D eigenvalue weighted by molar-refractivity contribution is 0.398. The molecule has 0 saturated carbocycles. The molecule has 0 bridgehead atoms. The van der Waals surface area contributed by atoms with Crippen LogP contribution in [0, 0.1) is 0 Å². The number of fused-ring (bicyclic) bond motifs is 1. The van der Waals surface area contributed by atoms with Crippen molar-refractivity contribution in [1.82, 2.24) is 18.9 Å². The molecule has 0 unspecified atom stereocenters. The molecule has 1 N–H and O–H groups in total. The highest BCUT2D eigenvalue weighted by molar-refractivity contribution is 7.89. The van der Waals surface area contributed by atoms with Gasteiger partial charge in [0.15, 0.2) is 5.65 Å². The van der Waals surface area contributed by atoms with E-state index in [2.05, 4.69) is 29.2 Å². The number of sulfonamides is 1. The number of nitrogens with zero attached hydrogens (tertiary/aromatic N) is 4. The number of nitrogens with one attached hydrogen (secondary N) is 1. The number of methoxy groups -OCH3 is 1. The lowest BCUT2D eigenvalue weighted by atomic mass is 10.1.